The predicted octanol–water partition coefficient (Wildman–Crippen LogP) is 2.20. The van der Waals surface area contributed by atoms with Crippen LogP contribution in [0.4, 0.5) is 5.82 Å². The highest BCUT2D eigenvalue weighted by Gasteiger charge is 2.59. The van der Waals surface area contributed by atoms with Crippen molar-refractivity contribution in [1.29, 1.82) is 0 Å². The maximum atomic E-state index is 5.83. The molecule has 0 radical (unpaired) electrons. The Hall–Kier alpha value is -1.95. The smallest absolute Gasteiger partial charge is 0.175 e. The zero-order valence-corrected chi connectivity index (χ0v) is 13.2. The number of anilines is 1. The number of fused-ring (bicyclic) bond motifs is 1. The maximum Gasteiger partial charge on any atom is 0.175 e. The average Bonchev–Trinajstić information content (AvgIpc) is 3.13. The Labute approximate surface area is 129 Å². The lowest BCUT2D eigenvalue weighted by molar-refractivity contribution is -0.0924. The lowest BCUT2D eigenvalue weighted by atomic mass is 9.57. The van der Waals surface area contributed by atoms with E-state index in [9.17, 15) is 0 Å². The predicted molar refractivity (Wildman–Crippen MR) is 82.9 cm³/mol. The molecule has 1 saturated carbocycles. The third-order valence-corrected chi connectivity index (χ3v) is 5.01. The van der Waals surface area contributed by atoms with Crippen LogP contribution < -0.4 is 5.32 Å². The molecule has 0 aromatic carbocycles. The van der Waals surface area contributed by atoms with E-state index in [4.69, 9.17) is 4.74 Å². The molecular weight excluding hydrogens is 278 g/mol. The van der Waals surface area contributed by atoms with Gasteiger partial charge in [-0.05, 0) is 31.5 Å². The molecule has 0 amide bonds. The average molecular weight is 299 g/mol. The number of hydrogen-bond acceptors (Lipinski definition) is 5. The van der Waals surface area contributed by atoms with Crippen molar-refractivity contribution in [3.8, 4) is 5.82 Å². The van der Waals surface area contributed by atoms with E-state index in [-0.39, 0.29) is 5.41 Å². The summed E-state index contributed by atoms with van der Waals surface area (Å²) in [5.41, 5.74) is 1.10. The molecule has 3 unspecified atom stereocenters. The highest BCUT2D eigenvalue weighted by Crippen LogP contribution is 2.53. The van der Waals surface area contributed by atoms with Crippen LogP contribution in [-0.4, -0.2) is 38.7 Å². The molecule has 6 nitrogen and oxygen atoms in total. The summed E-state index contributed by atoms with van der Waals surface area (Å²) in [7, 11) is 0. The molecule has 0 spiro atoms. The number of nitrogens with zero attached hydrogens (tertiary/aromatic N) is 4. The summed E-state index contributed by atoms with van der Waals surface area (Å²) in [6.45, 7) is 7.34. The van der Waals surface area contributed by atoms with Gasteiger partial charge in [0.05, 0.1) is 11.8 Å². The highest BCUT2D eigenvalue weighted by atomic mass is 16.5. The van der Waals surface area contributed by atoms with Gasteiger partial charge in [-0.15, -0.1) is 10.2 Å². The summed E-state index contributed by atoms with van der Waals surface area (Å²) < 4.78 is 7.56. The molecule has 3 atom stereocenters. The van der Waals surface area contributed by atoms with Crippen molar-refractivity contribution in [2.75, 3.05) is 11.9 Å². The SMILES string of the molecule is Cc1ccn(-c2ccc(NC3C4CCOC4C3(C)C)nn2)n1. The molecule has 2 aliphatic rings. The van der Waals surface area contributed by atoms with Gasteiger partial charge in [0.25, 0.3) is 0 Å². The van der Waals surface area contributed by atoms with Crippen molar-refractivity contribution in [2.24, 2.45) is 11.3 Å². The number of hydrogen-bond donors (Lipinski definition) is 1. The Morgan fingerprint density at radius 3 is 2.82 bits per heavy atom. The van der Waals surface area contributed by atoms with Gasteiger partial charge in [-0.2, -0.15) is 5.10 Å². The molecule has 22 heavy (non-hydrogen) atoms. The summed E-state index contributed by atoms with van der Waals surface area (Å²) >= 11 is 0. The lowest BCUT2D eigenvalue weighted by Crippen LogP contribution is -2.63. The third kappa shape index (κ3) is 2.01. The van der Waals surface area contributed by atoms with Gasteiger partial charge in [0, 0.05) is 30.2 Å². The first-order chi connectivity index (χ1) is 10.6. The Morgan fingerprint density at radius 2 is 2.14 bits per heavy atom. The number of aryl methyl sites for hydroxylation is 1. The summed E-state index contributed by atoms with van der Waals surface area (Å²) in [6.07, 6.45) is 3.40. The fraction of sp³-hybridized carbons (Fsp3) is 0.562. The van der Waals surface area contributed by atoms with Crippen molar-refractivity contribution >= 4 is 5.82 Å². The third-order valence-electron chi connectivity index (χ3n) is 5.01. The zero-order valence-electron chi connectivity index (χ0n) is 13.2. The van der Waals surface area contributed by atoms with Crippen LogP contribution in [0.15, 0.2) is 24.4 Å². The minimum Gasteiger partial charge on any atom is -0.377 e. The maximum absolute atomic E-state index is 5.83. The van der Waals surface area contributed by atoms with Crippen molar-refractivity contribution < 1.29 is 4.74 Å². The number of ether oxygens (including phenoxy) is 1. The molecule has 3 heterocycles. The summed E-state index contributed by atoms with van der Waals surface area (Å²) in [5, 5.41) is 16.5. The quantitative estimate of drug-likeness (QED) is 0.941. The standard InChI is InChI=1S/C16H21N5O/c1-10-6-8-21(20-10)13-5-4-12(18-19-13)17-14-11-7-9-22-15(11)16(14,2)3/h4-6,8,11,14-15H,7,9H2,1-3H3,(H,17,18). The van der Waals surface area contributed by atoms with Crippen LogP contribution in [0.3, 0.4) is 0 Å². The van der Waals surface area contributed by atoms with Crippen LogP contribution in [0, 0.1) is 18.3 Å². The number of aromatic nitrogens is 4. The molecule has 1 N–H and O–H groups in total. The lowest BCUT2D eigenvalue weighted by Gasteiger charge is -2.54. The summed E-state index contributed by atoms with van der Waals surface area (Å²) in [4.78, 5) is 0. The van der Waals surface area contributed by atoms with Crippen LogP contribution in [0.1, 0.15) is 26.0 Å². The van der Waals surface area contributed by atoms with Crippen molar-refractivity contribution in [3.63, 3.8) is 0 Å². The molecule has 6 heteroatoms. The second kappa shape index (κ2) is 4.78. The molecule has 1 aliphatic carbocycles. The molecule has 2 fully saturated rings. The number of nitrogens with one attached hydrogen (secondary N) is 1. The molecule has 2 aromatic heterocycles. The van der Waals surface area contributed by atoms with E-state index >= 15 is 0 Å². The van der Waals surface area contributed by atoms with Gasteiger partial charge >= 0.3 is 0 Å². The minimum absolute atomic E-state index is 0.139. The van der Waals surface area contributed by atoms with Crippen LogP contribution in [0.2, 0.25) is 0 Å². The van der Waals surface area contributed by atoms with E-state index in [1.165, 1.54) is 0 Å². The van der Waals surface area contributed by atoms with E-state index in [0.717, 1.165) is 30.4 Å². The minimum atomic E-state index is 0.139. The number of rotatable bonds is 3. The topological polar surface area (TPSA) is 64.9 Å². The van der Waals surface area contributed by atoms with E-state index < -0.39 is 0 Å². The van der Waals surface area contributed by atoms with E-state index in [2.05, 4.69) is 34.5 Å². The van der Waals surface area contributed by atoms with Gasteiger partial charge in [0.1, 0.15) is 5.82 Å². The van der Waals surface area contributed by atoms with Crippen molar-refractivity contribution in [3.05, 3.63) is 30.1 Å². The summed E-state index contributed by atoms with van der Waals surface area (Å²) in [5.74, 6) is 2.13. The van der Waals surface area contributed by atoms with E-state index in [1.54, 1.807) is 4.68 Å². The molecule has 4 rings (SSSR count). The van der Waals surface area contributed by atoms with Gasteiger partial charge in [-0.1, -0.05) is 13.8 Å². The first-order valence-corrected chi connectivity index (χ1v) is 7.80. The van der Waals surface area contributed by atoms with Gasteiger partial charge in [0.2, 0.25) is 0 Å². The zero-order chi connectivity index (χ0) is 15.3. The first-order valence-electron chi connectivity index (χ1n) is 7.80. The van der Waals surface area contributed by atoms with Gasteiger partial charge < -0.3 is 10.1 Å². The molecule has 1 saturated heterocycles. The van der Waals surface area contributed by atoms with Gasteiger partial charge in [0.15, 0.2) is 5.82 Å². The van der Waals surface area contributed by atoms with Crippen LogP contribution in [0.25, 0.3) is 5.82 Å². The Morgan fingerprint density at radius 1 is 1.27 bits per heavy atom. The fourth-order valence-electron chi connectivity index (χ4n) is 3.84. The van der Waals surface area contributed by atoms with Crippen LogP contribution >= 0.6 is 0 Å². The summed E-state index contributed by atoms with van der Waals surface area (Å²) in [6, 6.07) is 6.26. The Bertz CT molecular complexity index is 678. The van der Waals surface area contributed by atoms with Crippen molar-refractivity contribution in [1.82, 2.24) is 20.0 Å². The molecule has 0 bridgehead atoms. The Kier molecular flexibility index (Phi) is 2.97. The second-order valence-electron chi connectivity index (χ2n) is 6.87. The monoisotopic (exact) mass is 299 g/mol. The molecule has 116 valence electrons. The second-order valence-corrected chi connectivity index (χ2v) is 6.87. The normalized spacial score (nSPS) is 29.0. The highest BCUT2D eigenvalue weighted by molar-refractivity contribution is 5.40. The van der Waals surface area contributed by atoms with Crippen LogP contribution in [0.5, 0.6) is 0 Å². The fourth-order valence-corrected chi connectivity index (χ4v) is 3.84. The van der Waals surface area contributed by atoms with E-state index in [1.807, 2.05) is 31.3 Å². The van der Waals surface area contributed by atoms with Gasteiger partial charge in [-0.3, -0.25) is 0 Å². The Balaban J connectivity index is 1.50. The van der Waals surface area contributed by atoms with Crippen molar-refractivity contribution in [2.45, 2.75) is 39.3 Å². The van der Waals surface area contributed by atoms with E-state index in [0.29, 0.717) is 18.1 Å². The molecule has 1 aliphatic heterocycles. The molecular formula is C16H21N5O. The first kappa shape index (κ1) is 13.7. The molecule has 2 aromatic rings. The van der Waals surface area contributed by atoms with Crippen LogP contribution in [-0.2, 0) is 4.74 Å². The van der Waals surface area contributed by atoms with Gasteiger partial charge in [-0.25, -0.2) is 4.68 Å². The largest absolute Gasteiger partial charge is 0.377 e.